The molecule has 2 unspecified atom stereocenters. The number of amides is 1. The highest BCUT2D eigenvalue weighted by Crippen LogP contribution is 2.16. The fourth-order valence-corrected chi connectivity index (χ4v) is 3.23. The van der Waals surface area contributed by atoms with Crippen molar-refractivity contribution in [3.8, 4) is 0 Å². The van der Waals surface area contributed by atoms with Crippen LogP contribution in [0.3, 0.4) is 0 Å². The van der Waals surface area contributed by atoms with E-state index in [1.807, 2.05) is 11.9 Å². The highest BCUT2D eigenvalue weighted by Gasteiger charge is 2.28. The number of carbonyl (C=O) groups excluding carboxylic acids is 1. The van der Waals surface area contributed by atoms with Crippen LogP contribution in [-0.2, 0) is 4.79 Å². The molecule has 2 aliphatic rings. The molecule has 5 nitrogen and oxygen atoms in total. The van der Waals surface area contributed by atoms with E-state index in [2.05, 4.69) is 29.2 Å². The number of likely N-dealkylation sites (tertiary alicyclic amines) is 1. The van der Waals surface area contributed by atoms with Gasteiger partial charge in [-0.2, -0.15) is 0 Å². The zero-order chi connectivity index (χ0) is 13.8. The smallest absolute Gasteiger partial charge is 0.240 e. The van der Waals surface area contributed by atoms with Crippen molar-refractivity contribution in [1.82, 2.24) is 20.0 Å². The Morgan fingerprint density at radius 2 is 2.00 bits per heavy atom. The summed E-state index contributed by atoms with van der Waals surface area (Å²) < 4.78 is 0. The first-order chi connectivity index (χ1) is 9.06. The van der Waals surface area contributed by atoms with Crippen LogP contribution < -0.4 is 5.32 Å². The monoisotopic (exact) mass is 268 g/mol. The predicted molar refractivity (Wildman–Crippen MR) is 77.1 cm³/mol. The van der Waals surface area contributed by atoms with Gasteiger partial charge in [0.15, 0.2) is 0 Å². The number of piperidine rings is 1. The van der Waals surface area contributed by atoms with E-state index in [0.717, 1.165) is 32.7 Å². The lowest BCUT2D eigenvalue weighted by Gasteiger charge is -2.35. The maximum Gasteiger partial charge on any atom is 0.240 e. The molecule has 19 heavy (non-hydrogen) atoms. The quantitative estimate of drug-likeness (QED) is 0.762. The standard InChI is InChI=1S/C14H28N4O/c1-16-7-4-5-12(9-16)10-18(3)14(19)13-11-17(2)8-6-15-13/h12-13,15H,4-11H2,1-3H3. The Morgan fingerprint density at radius 1 is 1.26 bits per heavy atom. The summed E-state index contributed by atoms with van der Waals surface area (Å²) >= 11 is 0. The number of likely N-dealkylation sites (N-methyl/N-ethyl adjacent to an activating group) is 2. The molecule has 5 heteroatoms. The third kappa shape index (κ3) is 4.16. The molecule has 0 aliphatic carbocycles. The predicted octanol–water partition coefficient (Wildman–Crippen LogP) is -0.310. The molecule has 2 heterocycles. The average molecular weight is 268 g/mol. The summed E-state index contributed by atoms with van der Waals surface area (Å²) in [5.74, 6) is 0.883. The van der Waals surface area contributed by atoms with Crippen LogP contribution in [0.4, 0.5) is 0 Å². The number of nitrogens with zero attached hydrogens (tertiary/aromatic N) is 3. The number of piperazine rings is 1. The van der Waals surface area contributed by atoms with Crippen molar-refractivity contribution < 1.29 is 4.79 Å². The van der Waals surface area contributed by atoms with Crippen molar-refractivity contribution in [1.29, 1.82) is 0 Å². The van der Waals surface area contributed by atoms with Crippen molar-refractivity contribution in [3.05, 3.63) is 0 Å². The van der Waals surface area contributed by atoms with Gasteiger partial charge < -0.3 is 20.0 Å². The Bertz CT molecular complexity index is 310. The fraction of sp³-hybridized carbons (Fsp3) is 0.929. The highest BCUT2D eigenvalue weighted by atomic mass is 16.2. The topological polar surface area (TPSA) is 38.8 Å². The second-order valence-electron chi connectivity index (χ2n) is 6.26. The summed E-state index contributed by atoms with van der Waals surface area (Å²) in [6.07, 6.45) is 2.51. The van der Waals surface area contributed by atoms with Crippen LogP contribution >= 0.6 is 0 Å². The van der Waals surface area contributed by atoms with E-state index in [1.54, 1.807) is 0 Å². The Balaban J connectivity index is 1.81. The van der Waals surface area contributed by atoms with Gasteiger partial charge in [-0.15, -0.1) is 0 Å². The molecule has 1 N–H and O–H groups in total. The van der Waals surface area contributed by atoms with Gasteiger partial charge >= 0.3 is 0 Å². The summed E-state index contributed by atoms with van der Waals surface area (Å²) in [7, 11) is 6.20. The third-order valence-electron chi connectivity index (χ3n) is 4.31. The van der Waals surface area contributed by atoms with E-state index < -0.39 is 0 Å². The van der Waals surface area contributed by atoms with Crippen LogP contribution in [-0.4, -0.2) is 87.1 Å². The summed E-state index contributed by atoms with van der Waals surface area (Å²) in [6.45, 7) is 5.98. The van der Waals surface area contributed by atoms with E-state index in [9.17, 15) is 4.79 Å². The van der Waals surface area contributed by atoms with Gasteiger partial charge in [-0.25, -0.2) is 0 Å². The van der Waals surface area contributed by atoms with E-state index in [0.29, 0.717) is 5.92 Å². The van der Waals surface area contributed by atoms with Crippen LogP contribution in [0, 0.1) is 5.92 Å². The van der Waals surface area contributed by atoms with Gasteiger partial charge in [0.2, 0.25) is 5.91 Å². The molecule has 1 amide bonds. The normalized spacial score (nSPS) is 30.3. The molecule has 2 saturated heterocycles. The molecule has 0 spiro atoms. The maximum absolute atomic E-state index is 12.4. The van der Waals surface area contributed by atoms with Gasteiger partial charge in [0.1, 0.15) is 0 Å². The molecule has 0 aromatic heterocycles. The van der Waals surface area contributed by atoms with E-state index >= 15 is 0 Å². The molecule has 0 bridgehead atoms. The number of rotatable bonds is 3. The second kappa shape index (κ2) is 6.68. The molecule has 0 aromatic rings. The molecule has 2 atom stereocenters. The molecule has 0 radical (unpaired) electrons. The number of hydrogen-bond acceptors (Lipinski definition) is 4. The molecule has 0 aromatic carbocycles. The molecular weight excluding hydrogens is 240 g/mol. The van der Waals surface area contributed by atoms with Crippen LogP contribution in [0.2, 0.25) is 0 Å². The van der Waals surface area contributed by atoms with Gasteiger partial charge in [-0.3, -0.25) is 4.79 Å². The lowest BCUT2D eigenvalue weighted by Crippen LogP contribution is -2.57. The average Bonchev–Trinajstić information content (AvgIpc) is 2.38. The molecular formula is C14H28N4O. The Kier molecular flexibility index (Phi) is 5.19. The zero-order valence-corrected chi connectivity index (χ0v) is 12.6. The van der Waals surface area contributed by atoms with Crippen molar-refractivity contribution in [3.63, 3.8) is 0 Å². The largest absolute Gasteiger partial charge is 0.344 e. The van der Waals surface area contributed by atoms with Crippen molar-refractivity contribution in [2.45, 2.75) is 18.9 Å². The lowest BCUT2D eigenvalue weighted by atomic mass is 9.98. The van der Waals surface area contributed by atoms with Gasteiger partial charge in [-0.1, -0.05) is 0 Å². The summed E-state index contributed by atoms with van der Waals surface area (Å²) in [5, 5.41) is 3.33. The summed E-state index contributed by atoms with van der Waals surface area (Å²) in [5.41, 5.74) is 0. The Morgan fingerprint density at radius 3 is 2.68 bits per heavy atom. The molecule has 2 aliphatic heterocycles. The Hall–Kier alpha value is -0.650. The van der Waals surface area contributed by atoms with Gasteiger partial charge in [0.25, 0.3) is 0 Å². The van der Waals surface area contributed by atoms with Gasteiger partial charge in [0.05, 0.1) is 6.04 Å². The van der Waals surface area contributed by atoms with E-state index in [4.69, 9.17) is 0 Å². The second-order valence-corrected chi connectivity index (χ2v) is 6.26. The van der Waals surface area contributed by atoms with Crippen LogP contribution in [0.15, 0.2) is 0 Å². The van der Waals surface area contributed by atoms with E-state index in [-0.39, 0.29) is 11.9 Å². The minimum atomic E-state index is -0.0231. The molecule has 0 saturated carbocycles. The van der Waals surface area contributed by atoms with Crippen LogP contribution in [0.5, 0.6) is 0 Å². The first-order valence-electron chi connectivity index (χ1n) is 7.41. The van der Waals surface area contributed by atoms with E-state index in [1.165, 1.54) is 19.4 Å². The maximum atomic E-state index is 12.4. The van der Waals surface area contributed by atoms with Crippen LogP contribution in [0.25, 0.3) is 0 Å². The number of carbonyl (C=O) groups is 1. The van der Waals surface area contributed by atoms with Crippen molar-refractivity contribution >= 4 is 5.91 Å². The minimum Gasteiger partial charge on any atom is -0.344 e. The van der Waals surface area contributed by atoms with Crippen LogP contribution in [0.1, 0.15) is 12.8 Å². The third-order valence-corrected chi connectivity index (χ3v) is 4.31. The summed E-state index contributed by atoms with van der Waals surface area (Å²) in [4.78, 5) is 19.0. The Labute approximate surface area is 116 Å². The van der Waals surface area contributed by atoms with Gasteiger partial charge in [-0.05, 0) is 39.4 Å². The zero-order valence-electron chi connectivity index (χ0n) is 12.6. The van der Waals surface area contributed by atoms with Crippen molar-refractivity contribution in [2.75, 3.05) is 60.4 Å². The molecule has 110 valence electrons. The SMILES string of the molecule is CN1CCCC(CN(C)C(=O)C2CN(C)CCN2)C1. The highest BCUT2D eigenvalue weighted by molar-refractivity contribution is 5.82. The molecule has 2 fully saturated rings. The lowest BCUT2D eigenvalue weighted by molar-refractivity contribution is -0.134. The summed E-state index contributed by atoms with van der Waals surface area (Å²) in [6, 6.07) is -0.0231. The first-order valence-corrected chi connectivity index (χ1v) is 7.41. The fourth-order valence-electron chi connectivity index (χ4n) is 3.23. The molecule has 2 rings (SSSR count). The number of hydrogen-bond donors (Lipinski definition) is 1. The number of nitrogens with one attached hydrogen (secondary N) is 1. The van der Waals surface area contributed by atoms with Gasteiger partial charge in [0, 0.05) is 39.8 Å². The first kappa shape index (κ1) is 14.8. The minimum absolute atomic E-state index is 0.0231. The van der Waals surface area contributed by atoms with Crippen molar-refractivity contribution in [2.24, 2.45) is 5.92 Å².